The largest absolute Gasteiger partial charge is 0.366 e. The Morgan fingerprint density at radius 2 is 1.38 bits per heavy atom. The summed E-state index contributed by atoms with van der Waals surface area (Å²) in [4.78, 5) is 22.9. The highest BCUT2D eigenvalue weighted by Crippen LogP contribution is 2.52. The van der Waals surface area contributed by atoms with E-state index in [2.05, 4.69) is 20.8 Å². The number of carbonyl (C=O) groups is 2. The average molecular weight is 322 g/mol. The lowest BCUT2D eigenvalue weighted by Crippen LogP contribution is -2.24. The lowest BCUT2D eigenvalue weighted by molar-refractivity contribution is 0.0991. The van der Waals surface area contributed by atoms with Crippen molar-refractivity contribution in [2.24, 2.45) is 11.5 Å². The van der Waals surface area contributed by atoms with E-state index in [0.29, 0.717) is 11.1 Å². The van der Waals surface area contributed by atoms with E-state index in [0.717, 1.165) is 17.5 Å². The lowest BCUT2D eigenvalue weighted by Gasteiger charge is -2.28. The first-order chi connectivity index (χ1) is 11.1. The van der Waals surface area contributed by atoms with Crippen molar-refractivity contribution < 1.29 is 9.59 Å². The zero-order chi connectivity index (χ0) is 17.7. The number of hydrogen-bond donors (Lipinski definition) is 2. The first-order valence-corrected chi connectivity index (χ1v) is 8.00. The minimum atomic E-state index is -0.435. The fraction of sp³-hybridized carbons (Fsp3) is 0.300. The Labute approximate surface area is 141 Å². The van der Waals surface area contributed by atoms with Crippen LogP contribution >= 0.6 is 0 Å². The molecule has 0 bridgehead atoms. The van der Waals surface area contributed by atoms with Crippen molar-refractivity contribution in [3.05, 3.63) is 70.3 Å². The number of primary amides is 2. The van der Waals surface area contributed by atoms with Crippen LogP contribution in [-0.2, 0) is 10.8 Å². The van der Waals surface area contributed by atoms with Crippen LogP contribution < -0.4 is 11.5 Å². The van der Waals surface area contributed by atoms with Gasteiger partial charge in [-0.15, -0.1) is 0 Å². The number of hydrogen-bond acceptors (Lipinski definition) is 2. The third-order valence-corrected chi connectivity index (χ3v) is 5.23. The fourth-order valence-electron chi connectivity index (χ4n) is 4.08. The molecule has 2 aromatic rings. The molecule has 2 amide bonds. The molecule has 0 spiro atoms. The van der Waals surface area contributed by atoms with Crippen LogP contribution in [0.4, 0.5) is 0 Å². The molecule has 0 saturated carbocycles. The molecule has 1 unspecified atom stereocenters. The summed E-state index contributed by atoms with van der Waals surface area (Å²) < 4.78 is 0. The van der Waals surface area contributed by atoms with Crippen molar-refractivity contribution in [1.29, 1.82) is 0 Å². The molecule has 0 fully saturated rings. The normalized spacial score (nSPS) is 21.3. The highest BCUT2D eigenvalue weighted by atomic mass is 16.1. The highest BCUT2D eigenvalue weighted by Gasteiger charge is 2.45. The summed E-state index contributed by atoms with van der Waals surface area (Å²) in [6.45, 7) is 6.59. The van der Waals surface area contributed by atoms with E-state index in [1.54, 1.807) is 18.2 Å². The molecule has 0 radical (unpaired) electrons. The molecule has 1 atom stereocenters. The molecule has 0 heterocycles. The zero-order valence-corrected chi connectivity index (χ0v) is 14.2. The first kappa shape index (κ1) is 16.2. The topological polar surface area (TPSA) is 86.2 Å². The number of fused-ring (bicyclic) bond motifs is 1. The number of carbonyl (C=O) groups excluding carboxylic acids is 2. The molecular weight excluding hydrogens is 300 g/mol. The molecule has 0 aromatic heterocycles. The lowest BCUT2D eigenvalue weighted by atomic mass is 9.75. The van der Waals surface area contributed by atoms with Crippen LogP contribution in [0.15, 0.2) is 42.5 Å². The standard InChI is InChI=1S/C20H22N2O2/c1-19(2)11-20(3,14-7-4-12(5-8-14)17(21)23)16-10-13(18(22)24)6-9-15(16)19/h4-10H,11H2,1-3H3,(H2,21,23)(H2,22,24). The van der Waals surface area contributed by atoms with E-state index in [-0.39, 0.29) is 10.8 Å². The molecule has 3 rings (SSSR count). The second kappa shape index (κ2) is 5.20. The molecule has 1 aliphatic rings. The quantitative estimate of drug-likeness (QED) is 0.910. The molecular formula is C20H22N2O2. The van der Waals surface area contributed by atoms with Crippen molar-refractivity contribution in [3.8, 4) is 0 Å². The van der Waals surface area contributed by atoms with E-state index in [1.165, 1.54) is 5.56 Å². The van der Waals surface area contributed by atoms with Gasteiger partial charge in [0.25, 0.3) is 0 Å². The van der Waals surface area contributed by atoms with Crippen molar-refractivity contribution >= 4 is 11.8 Å². The average Bonchev–Trinajstić information content (AvgIpc) is 2.74. The van der Waals surface area contributed by atoms with Gasteiger partial charge in [-0.05, 0) is 52.8 Å². The Bertz CT molecular complexity index is 837. The number of nitrogens with two attached hydrogens (primary N) is 2. The van der Waals surface area contributed by atoms with Crippen LogP contribution in [0.1, 0.15) is 64.6 Å². The van der Waals surface area contributed by atoms with Gasteiger partial charge in [-0.25, -0.2) is 0 Å². The number of amides is 2. The van der Waals surface area contributed by atoms with Crippen LogP contribution in [0.5, 0.6) is 0 Å². The van der Waals surface area contributed by atoms with Gasteiger partial charge in [0.15, 0.2) is 0 Å². The zero-order valence-electron chi connectivity index (χ0n) is 14.2. The van der Waals surface area contributed by atoms with Crippen molar-refractivity contribution in [1.82, 2.24) is 0 Å². The van der Waals surface area contributed by atoms with E-state index < -0.39 is 11.8 Å². The van der Waals surface area contributed by atoms with Gasteiger partial charge in [0.05, 0.1) is 0 Å². The molecule has 4 heteroatoms. The maximum absolute atomic E-state index is 11.6. The van der Waals surface area contributed by atoms with Crippen molar-refractivity contribution in [2.45, 2.75) is 38.0 Å². The van der Waals surface area contributed by atoms with E-state index in [4.69, 9.17) is 11.5 Å². The smallest absolute Gasteiger partial charge is 0.248 e. The van der Waals surface area contributed by atoms with Gasteiger partial charge in [-0.2, -0.15) is 0 Å². The van der Waals surface area contributed by atoms with Gasteiger partial charge in [0.2, 0.25) is 11.8 Å². The Balaban J connectivity index is 2.17. The summed E-state index contributed by atoms with van der Waals surface area (Å²) in [5.74, 6) is -0.858. The third kappa shape index (κ3) is 2.39. The summed E-state index contributed by atoms with van der Waals surface area (Å²) >= 11 is 0. The SMILES string of the molecule is CC1(C)CC(C)(c2ccc(C(N)=O)cc2)c2cc(C(N)=O)ccc21. The molecule has 0 saturated heterocycles. The molecule has 0 aliphatic heterocycles. The predicted octanol–water partition coefficient (Wildman–Crippen LogP) is 2.87. The van der Waals surface area contributed by atoms with Gasteiger partial charge in [-0.1, -0.05) is 39.0 Å². The molecule has 24 heavy (non-hydrogen) atoms. The summed E-state index contributed by atoms with van der Waals surface area (Å²) in [5, 5.41) is 0. The van der Waals surface area contributed by atoms with E-state index >= 15 is 0 Å². The second-order valence-corrected chi connectivity index (χ2v) is 7.46. The van der Waals surface area contributed by atoms with Crippen LogP contribution in [-0.4, -0.2) is 11.8 Å². The van der Waals surface area contributed by atoms with Gasteiger partial charge in [-0.3, -0.25) is 9.59 Å². The first-order valence-electron chi connectivity index (χ1n) is 8.00. The Morgan fingerprint density at radius 3 is 1.92 bits per heavy atom. The van der Waals surface area contributed by atoms with E-state index in [1.807, 2.05) is 24.3 Å². The molecule has 4 nitrogen and oxygen atoms in total. The number of benzene rings is 2. The van der Waals surface area contributed by atoms with Crippen LogP contribution in [0.25, 0.3) is 0 Å². The minimum absolute atomic E-state index is 0.0113. The predicted molar refractivity (Wildman–Crippen MR) is 94.0 cm³/mol. The molecule has 124 valence electrons. The van der Waals surface area contributed by atoms with Gasteiger partial charge in [0.1, 0.15) is 0 Å². The maximum atomic E-state index is 11.6. The molecule has 1 aliphatic carbocycles. The Kier molecular flexibility index (Phi) is 3.52. The number of rotatable bonds is 3. The van der Waals surface area contributed by atoms with E-state index in [9.17, 15) is 9.59 Å². The van der Waals surface area contributed by atoms with Crippen molar-refractivity contribution in [2.75, 3.05) is 0 Å². The Morgan fingerprint density at radius 1 is 0.833 bits per heavy atom. The minimum Gasteiger partial charge on any atom is -0.366 e. The van der Waals surface area contributed by atoms with Gasteiger partial charge in [0, 0.05) is 16.5 Å². The van der Waals surface area contributed by atoms with Crippen LogP contribution in [0, 0.1) is 0 Å². The fourth-order valence-corrected chi connectivity index (χ4v) is 4.08. The molecule has 2 aromatic carbocycles. The third-order valence-electron chi connectivity index (χ3n) is 5.23. The van der Waals surface area contributed by atoms with Crippen LogP contribution in [0.2, 0.25) is 0 Å². The maximum Gasteiger partial charge on any atom is 0.248 e. The van der Waals surface area contributed by atoms with Crippen LogP contribution in [0.3, 0.4) is 0 Å². The monoisotopic (exact) mass is 322 g/mol. The molecule has 4 N–H and O–H groups in total. The summed E-state index contributed by atoms with van der Waals surface area (Å²) in [6.07, 6.45) is 0.910. The highest BCUT2D eigenvalue weighted by molar-refractivity contribution is 5.93. The second-order valence-electron chi connectivity index (χ2n) is 7.46. The summed E-state index contributed by atoms with van der Waals surface area (Å²) in [5.41, 5.74) is 15.0. The summed E-state index contributed by atoms with van der Waals surface area (Å²) in [6, 6.07) is 13.1. The Hall–Kier alpha value is -2.62. The van der Waals surface area contributed by atoms with Crippen molar-refractivity contribution in [3.63, 3.8) is 0 Å². The van der Waals surface area contributed by atoms with Gasteiger partial charge < -0.3 is 11.5 Å². The summed E-state index contributed by atoms with van der Waals surface area (Å²) in [7, 11) is 0. The van der Waals surface area contributed by atoms with Gasteiger partial charge >= 0.3 is 0 Å².